The van der Waals surface area contributed by atoms with Gasteiger partial charge in [-0.2, -0.15) is 0 Å². The van der Waals surface area contributed by atoms with Gasteiger partial charge in [0, 0.05) is 5.56 Å². The minimum Gasteiger partial charge on any atom is -0.493 e. The number of ether oxygens (including phenoxy) is 1. The van der Waals surface area contributed by atoms with Crippen molar-refractivity contribution in [1.82, 2.24) is 5.32 Å². The van der Waals surface area contributed by atoms with E-state index in [1.807, 2.05) is 68.5 Å². The van der Waals surface area contributed by atoms with Crippen molar-refractivity contribution in [1.29, 1.82) is 0 Å². The molecule has 2 aromatic carbocycles. The van der Waals surface area contributed by atoms with Gasteiger partial charge >= 0.3 is 0 Å². The van der Waals surface area contributed by atoms with Crippen LogP contribution >= 0.6 is 11.8 Å². The maximum absolute atomic E-state index is 12.2. The molecule has 1 saturated heterocycles. The highest BCUT2D eigenvalue weighted by molar-refractivity contribution is 8.18. The van der Waals surface area contributed by atoms with Crippen LogP contribution in [0.5, 0.6) is 5.75 Å². The largest absolute Gasteiger partial charge is 0.493 e. The van der Waals surface area contributed by atoms with E-state index in [0.717, 1.165) is 22.6 Å². The number of aryl methyl sites for hydroxylation is 1. The van der Waals surface area contributed by atoms with Crippen molar-refractivity contribution >= 4 is 34.6 Å². The van der Waals surface area contributed by atoms with E-state index in [0.29, 0.717) is 16.7 Å². The van der Waals surface area contributed by atoms with Crippen LogP contribution in [0.1, 0.15) is 18.1 Å². The molecule has 122 valence electrons. The third kappa shape index (κ3) is 3.68. The van der Waals surface area contributed by atoms with Gasteiger partial charge in [-0.3, -0.25) is 4.79 Å². The molecule has 3 rings (SSSR count). The number of benzene rings is 2. The Labute approximate surface area is 145 Å². The van der Waals surface area contributed by atoms with Gasteiger partial charge in [-0.15, -0.1) is 0 Å². The number of aliphatic imine (C=N–C) groups is 1. The lowest BCUT2D eigenvalue weighted by molar-refractivity contribution is -0.115. The fraction of sp³-hybridized carbons (Fsp3) is 0.158. The Balaban J connectivity index is 1.87. The smallest absolute Gasteiger partial charge is 0.264 e. The molecular formula is C19H18N2O2S. The zero-order valence-corrected chi connectivity index (χ0v) is 14.4. The molecule has 2 aromatic rings. The first-order chi connectivity index (χ1) is 11.7. The van der Waals surface area contributed by atoms with E-state index in [2.05, 4.69) is 10.3 Å². The highest BCUT2D eigenvalue weighted by Gasteiger charge is 2.24. The minimum absolute atomic E-state index is 0.140. The van der Waals surface area contributed by atoms with E-state index in [4.69, 9.17) is 4.74 Å². The Morgan fingerprint density at radius 2 is 1.92 bits per heavy atom. The van der Waals surface area contributed by atoms with Crippen LogP contribution in [0.3, 0.4) is 0 Å². The standard InChI is InChI=1S/C19H18N2O2S/c1-3-23-16-11-7-5-9-14(16)12-17-18(22)21-19(24-17)20-15-10-6-4-8-13(15)2/h4-12H,3H2,1-2H3,(H,20,21,22)/b17-12-. The molecule has 0 spiro atoms. The van der Waals surface area contributed by atoms with E-state index in [1.165, 1.54) is 11.8 Å². The quantitative estimate of drug-likeness (QED) is 0.846. The molecular weight excluding hydrogens is 320 g/mol. The maximum Gasteiger partial charge on any atom is 0.264 e. The van der Waals surface area contributed by atoms with Crippen LogP contribution < -0.4 is 10.1 Å². The zero-order chi connectivity index (χ0) is 16.9. The topological polar surface area (TPSA) is 50.7 Å². The Hall–Kier alpha value is -2.53. The highest BCUT2D eigenvalue weighted by Crippen LogP contribution is 2.31. The van der Waals surface area contributed by atoms with Crippen molar-refractivity contribution in [3.8, 4) is 5.75 Å². The number of hydrogen-bond acceptors (Lipinski definition) is 4. The van der Waals surface area contributed by atoms with Crippen molar-refractivity contribution in [2.45, 2.75) is 13.8 Å². The van der Waals surface area contributed by atoms with Gasteiger partial charge in [-0.25, -0.2) is 4.99 Å². The normalized spacial score (nSPS) is 17.3. The third-order valence-electron chi connectivity index (χ3n) is 3.49. The minimum atomic E-state index is -0.140. The van der Waals surface area contributed by atoms with Crippen LogP contribution in [0, 0.1) is 6.92 Å². The van der Waals surface area contributed by atoms with E-state index >= 15 is 0 Å². The Kier molecular flexibility index (Phi) is 5.01. The Morgan fingerprint density at radius 3 is 2.71 bits per heavy atom. The van der Waals surface area contributed by atoms with Crippen LogP contribution in [-0.2, 0) is 4.79 Å². The van der Waals surface area contributed by atoms with Crippen LogP contribution in [0.4, 0.5) is 5.69 Å². The van der Waals surface area contributed by atoms with E-state index in [-0.39, 0.29) is 5.91 Å². The zero-order valence-electron chi connectivity index (χ0n) is 13.6. The number of amidine groups is 1. The predicted octanol–water partition coefficient (Wildman–Crippen LogP) is 4.29. The second-order valence-electron chi connectivity index (χ2n) is 5.24. The molecule has 24 heavy (non-hydrogen) atoms. The summed E-state index contributed by atoms with van der Waals surface area (Å²) in [5, 5.41) is 3.41. The average Bonchev–Trinajstić information content (AvgIpc) is 2.91. The maximum atomic E-state index is 12.2. The molecule has 0 bridgehead atoms. The first-order valence-corrected chi connectivity index (χ1v) is 8.56. The van der Waals surface area contributed by atoms with Crippen molar-refractivity contribution in [2.75, 3.05) is 6.61 Å². The van der Waals surface area contributed by atoms with Gasteiger partial charge in [-0.1, -0.05) is 36.4 Å². The number of nitrogens with one attached hydrogen (secondary N) is 1. The van der Waals surface area contributed by atoms with E-state index in [9.17, 15) is 4.79 Å². The van der Waals surface area contributed by atoms with Gasteiger partial charge in [-0.05, 0) is 49.4 Å². The van der Waals surface area contributed by atoms with Gasteiger partial charge in [0.15, 0.2) is 5.17 Å². The molecule has 0 atom stereocenters. The van der Waals surface area contributed by atoms with E-state index < -0.39 is 0 Å². The molecule has 0 aromatic heterocycles. The molecule has 1 fully saturated rings. The lowest BCUT2D eigenvalue weighted by atomic mass is 10.2. The van der Waals surface area contributed by atoms with Crippen LogP contribution in [-0.4, -0.2) is 17.7 Å². The van der Waals surface area contributed by atoms with E-state index in [1.54, 1.807) is 0 Å². The summed E-state index contributed by atoms with van der Waals surface area (Å²) in [7, 11) is 0. The number of carbonyl (C=O) groups is 1. The number of para-hydroxylation sites is 2. The SMILES string of the molecule is CCOc1ccccc1/C=C1\SC(=Nc2ccccc2C)NC1=O. The monoisotopic (exact) mass is 338 g/mol. The van der Waals surface area contributed by atoms with Gasteiger partial charge in [0.1, 0.15) is 5.75 Å². The van der Waals surface area contributed by atoms with Crippen molar-refractivity contribution < 1.29 is 9.53 Å². The first kappa shape index (κ1) is 16.3. The van der Waals surface area contributed by atoms with Crippen LogP contribution in [0.15, 0.2) is 58.4 Å². The lowest BCUT2D eigenvalue weighted by Crippen LogP contribution is -2.19. The van der Waals surface area contributed by atoms with Gasteiger partial charge in [0.25, 0.3) is 5.91 Å². The second kappa shape index (κ2) is 7.36. The molecule has 0 unspecified atom stereocenters. The molecule has 5 heteroatoms. The molecule has 0 aliphatic carbocycles. The number of thioether (sulfide) groups is 1. The number of rotatable bonds is 4. The van der Waals surface area contributed by atoms with Crippen LogP contribution in [0.25, 0.3) is 6.08 Å². The number of hydrogen-bond donors (Lipinski definition) is 1. The van der Waals surface area contributed by atoms with Gasteiger partial charge < -0.3 is 10.1 Å². The summed E-state index contributed by atoms with van der Waals surface area (Å²) in [5.74, 6) is 0.629. The Bertz CT molecular complexity index is 828. The number of nitrogens with zero attached hydrogens (tertiary/aromatic N) is 1. The highest BCUT2D eigenvalue weighted by atomic mass is 32.2. The molecule has 1 amide bonds. The summed E-state index contributed by atoms with van der Waals surface area (Å²) < 4.78 is 5.60. The fourth-order valence-corrected chi connectivity index (χ4v) is 3.13. The molecule has 0 saturated carbocycles. The summed E-state index contributed by atoms with van der Waals surface area (Å²) >= 11 is 1.34. The third-order valence-corrected chi connectivity index (χ3v) is 4.40. The van der Waals surface area contributed by atoms with Crippen LogP contribution in [0.2, 0.25) is 0 Å². The Morgan fingerprint density at radius 1 is 1.17 bits per heavy atom. The fourth-order valence-electron chi connectivity index (χ4n) is 2.31. The lowest BCUT2D eigenvalue weighted by Gasteiger charge is -2.06. The molecule has 1 aliphatic rings. The predicted molar refractivity (Wildman–Crippen MR) is 99.6 cm³/mol. The summed E-state index contributed by atoms with van der Waals surface area (Å²) in [6, 6.07) is 15.5. The first-order valence-electron chi connectivity index (χ1n) is 7.74. The molecule has 1 N–H and O–H groups in total. The van der Waals surface area contributed by atoms with Crippen molar-refractivity contribution in [2.24, 2.45) is 4.99 Å². The van der Waals surface area contributed by atoms with Crippen molar-refractivity contribution in [3.05, 3.63) is 64.6 Å². The second-order valence-corrected chi connectivity index (χ2v) is 6.27. The van der Waals surface area contributed by atoms with Gasteiger partial charge in [0.2, 0.25) is 0 Å². The molecule has 1 heterocycles. The average molecular weight is 338 g/mol. The summed E-state index contributed by atoms with van der Waals surface area (Å²) in [5.41, 5.74) is 2.81. The van der Waals surface area contributed by atoms with Gasteiger partial charge in [0.05, 0.1) is 17.2 Å². The molecule has 0 radical (unpaired) electrons. The summed E-state index contributed by atoms with van der Waals surface area (Å²) in [6.07, 6.45) is 1.84. The summed E-state index contributed by atoms with van der Waals surface area (Å²) in [6.45, 7) is 4.52. The molecule has 1 aliphatic heterocycles. The van der Waals surface area contributed by atoms with Crippen molar-refractivity contribution in [3.63, 3.8) is 0 Å². The number of carbonyl (C=O) groups excluding carboxylic acids is 1. The number of amides is 1. The molecule has 4 nitrogen and oxygen atoms in total. The summed E-state index contributed by atoms with van der Waals surface area (Å²) in [4.78, 5) is 17.4.